The molecule has 0 saturated heterocycles. The lowest BCUT2D eigenvalue weighted by molar-refractivity contribution is 0.144. The molecule has 17 heavy (non-hydrogen) atoms. The number of aliphatic hydroxyl groups is 1. The Morgan fingerprint density at radius 1 is 1.47 bits per heavy atom. The molecule has 0 amide bonds. The maximum atomic E-state index is 9.44. The average molecular weight is 233 g/mol. The highest BCUT2D eigenvalue weighted by Gasteiger charge is 2.37. The van der Waals surface area contributed by atoms with Crippen molar-refractivity contribution < 1.29 is 5.11 Å². The molecule has 1 aliphatic carbocycles. The van der Waals surface area contributed by atoms with Gasteiger partial charge < -0.3 is 10.4 Å². The summed E-state index contributed by atoms with van der Waals surface area (Å²) in [4.78, 5) is 4.29. The summed E-state index contributed by atoms with van der Waals surface area (Å²) in [5.41, 5.74) is 0.499. The van der Waals surface area contributed by atoms with Gasteiger partial charge in [-0.2, -0.15) is 0 Å². The van der Waals surface area contributed by atoms with Crippen LogP contribution in [0.1, 0.15) is 25.1 Å². The van der Waals surface area contributed by atoms with Crippen molar-refractivity contribution in [2.45, 2.75) is 31.7 Å². The number of hydrogen-bond acceptors (Lipinski definition) is 5. The summed E-state index contributed by atoms with van der Waals surface area (Å²) >= 11 is 0. The summed E-state index contributed by atoms with van der Waals surface area (Å²) in [5, 5.41) is 20.9. The molecule has 2 heterocycles. The molecule has 0 spiro atoms. The Hall–Kier alpha value is -1.69. The first-order chi connectivity index (χ1) is 8.24. The lowest BCUT2D eigenvalue weighted by Gasteiger charge is -2.41. The first-order valence-electron chi connectivity index (χ1n) is 5.79. The number of anilines is 1. The molecule has 0 unspecified atom stereocenters. The Labute approximate surface area is 98.7 Å². The molecular weight excluding hydrogens is 218 g/mol. The number of rotatable bonds is 3. The van der Waals surface area contributed by atoms with Crippen LogP contribution in [0.5, 0.6) is 0 Å². The van der Waals surface area contributed by atoms with Gasteiger partial charge in [-0.05, 0) is 26.2 Å². The van der Waals surface area contributed by atoms with Gasteiger partial charge >= 0.3 is 0 Å². The second-order valence-electron chi connectivity index (χ2n) is 4.63. The third kappa shape index (κ3) is 1.56. The summed E-state index contributed by atoms with van der Waals surface area (Å²) in [6.07, 6.45) is 6.64. The van der Waals surface area contributed by atoms with Crippen LogP contribution in [0.3, 0.4) is 0 Å². The van der Waals surface area contributed by atoms with Gasteiger partial charge in [0, 0.05) is 12.4 Å². The molecule has 0 aromatic carbocycles. The van der Waals surface area contributed by atoms with E-state index in [4.69, 9.17) is 0 Å². The number of hydrogen-bond donors (Lipinski definition) is 2. The molecule has 6 nitrogen and oxygen atoms in total. The highest BCUT2D eigenvalue weighted by Crippen LogP contribution is 2.34. The van der Waals surface area contributed by atoms with Crippen LogP contribution >= 0.6 is 0 Å². The highest BCUT2D eigenvalue weighted by atomic mass is 16.3. The van der Waals surface area contributed by atoms with Gasteiger partial charge in [0.2, 0.25) is 5.65 Å². The van der Waals surface area contributed by atoms with Crippen LogP contribution in [0.15, 0.2) is 12.4 Å². The zero-order chi connectivity index (χ0) is 11.9. The van der Waals surface area contributed by atoms with Crippen molar-refractivity contribution in [3.63, 3.8) is 0 Å². The molecule has 1 fully saturated rings. The van der Waals surface area contributed by atoms with Crippen molar-refractivity contribution in [3.8, 4) is 0 Å². The second-order valence-corrected chi connectivity index (χ2v) is 4.63. The molecule has 0 radical (unpaired) electrons. The Bertz CT molecular complexity index is 540. The summed E-state index contributed by atoms with van der Waals surface area (Å²) in [6, 6.07) is 0. The Morgan fingerprint density at radius 2 is 2.29 bits per heavy atom. The maximum absolute atomic E-state index is 9.44. The van der Waals surface area contributed by atoms with Crippen molar-refractivity contribution in [2.75, 3.05) is 11.9 Å². The normalized spacial score (nSPS) is 18.0. The van der Waals surface area contributed by atoms with Gasteiger partial charge in [0.25, 0.3) is 0 Å². The van der Waals surface area contributed by atoms with Gasteiger partial charge in [0.05, 0.1) is 12.1 Å². The topological polar surface area (TPSA) is 75.3 Å². The van der Waals surface area contributed by atoms with E-state index in [1.165, 1.54) is 0 Å². The molecule has 0 aliphatic heterocycles. The third-order valence-corrected chi connectivity index (χ3v) is 3.49. The van der Waals surface area contributed by atoms with Gasteiger partial charge in [0.15, 0.2) is 5.82 Å². The van der Waals surface area contributed by atoms with E-state index in [1.54, 1.807) is 6.20 Å². The van der Waals surface area contributed by atoms with Crippen LogP contribution < -0.4 is 5.32 Å². The number of aromatic nitrogens is 4. The van der Waals surface area contributed by atoms with Crippen LogP contribution in [-0.2, 0) is 0 Å². The molecule has 0 atom stereocenters. The number of aliphatic hydroxyl groups excluding tert-OH is 1. The van der Waals surface area contributed by atoms with Crippen LogP contribution in [0.2, 0.25) is 0 Å². The largest absolute Gasteiger partial charge is 0.394 e. The molecule has 1 aliphatic rings. The minimum Gasteiger partial charge on any atom is -0.394 e. The van der Waals surface area contributed by atoms with E-state index in [2.05, 4.69) is 20.5 Å². The minimum absolute atomic E-state index is 0.128. The highest BCUT2D eigenvalue weighted by molar-refractivity contribution is 5.63. The van der Waals surface area contributed by atoms with Crippen molar-refractivity contribution >= 4 is 11.5 Å². The fraction of sp³-hybridized carbons (Fsp3) is 0.545. The van der Waals surface area contributed by atoms with Crippen molar-refractivity contribution in [2.24, 2.45) is 0 Å². The fourth-order valence-corrected chi connectivity index (χ4v) is 2.21. The van der Waals surface area contributed by atoms with Crippen molar-refractivity contribution in [1.29, 1.82) is 0 Å². The molecule has 0 bridgehead atoms. The van der Waals surface area contributed by atoms with Gasteiger partial charge in [0.1, 0.15) is 5.82 Å². The van der Waals surface area contributed by atoms with Gasteiger partial charge in [-0.15, -0.1) is 10.2 Å². The SMILES string of the molecule is Cc1nnc2c(NC3(CO)CCC3)nccn12. The number of aryl methyl sites for hydroxylation is 1. The Morgan fingerprint density at radius 3 is 2.94 bits per heavy atom. The van der Waals surface area contributed by atoms with E-state index >= 15 is 0 Å². The number of nitrogens with one attached hydrogen (secondary N) is 1. The van der Waals surface area contributed by atoms with Gasteiger partial charge in [-0.25, -0.2) is 4.98 Å². The molecule has 2 aromatic rings. The van der Waals surface area contributed by atoms with Crippen LogP contribution in [0.4, 0.5) is 5.82 Å². The zero-order valence-electron chi connectivity index (χ0n) is 9.72. The third-order valence-electron chi connectivity index (χ3n) is 3.49. The molecule has 6 heteroatoms. The van der Waals surface area contributed by atoms with Crippen molar-refractivity contribution in [3.05, 3.63) is 18.2 Å². The predicted octanol–water partition coefficient (Wildman–Crippen LogP) is 0.760. The Balaban J connectivity index is 2.00. The zero-order valence-corrected chi connectivity index (χ0v) is 9.72. The molecule has 90 valence electrons. The van der Waals surface area contributed by atoms with Gasteiger partial charge in [-0.3, -0.25) is 4.40 Å². The quantitative estimate of drug-likeness (QED) is 0.818. The summed E-state index contributed by atoms with van der Waals surface area (Å²) < 4.78 is 1.89. The van der Waals surface area contributed by atoms with E-state index < -0.39 is 0 Å². The molecule has 2 aromatic heterocycles. The van der Waals surface area contributed by atoms with Crippen LogP contribution in [-0.4, -0.2) is 36.8 Å². The van der Waals surface area contributed by atoms with E-state index in [1.807, 2.05) is 17.5 Å². The minimum atomic E-state index is -0.214. The van der Waals surface area contributed by atoms with Gasteiger partial charge in [-0.1, -0.05) is 0 Å². The lowest BCUT2D eigenvalue weighted by atomic mass is 9.77. The van der Waals surface area contributed by atoms with Crippen LogP contribution in [0, 0.1) is 6.92 Å². The standard InChI is InChI=1S/C11H15N5O/c1-8-14-15-10-9(12-5-6-16(8)10)13-11(7-17)3-2-4-11/h5-6,17H,2-4,7H2,1H3,(H,12,13). The maximum Gasteiger partial charge on any atom is 0.203 e. The smallest absolute Gasteiger partial charge is 0.203 e. The monoisotopic (exact) mass is 233 g/mol. The van der Waals surface area contributed by atoms with Crippen LogP contribution in [0.25, 0.3) is 5.65 Å². The molecule has 3 rings (SSSR count). The predicted molar refractivity (Wildman–Crippen MR) is 62.8 cm³/mol. The van der Waals surface area contributed by atoms with E-state index in [9.17, 15) is 5.11 Å². The first-order valence-corrected chi connectivity index (χ1v) is 5.79. The van der Waals surface area contributed by atoms with E-state index in [-0.39, 0.29) is 12.1 Å². The molecule has 1 saturated carbocycles. The fourth-order valence-electron chi connectivity index (χ4n) is 2.21. The van der Waals surface area contributed by atoms with Crippen molar-refractivity contribution in [1.82, 2.24) is 19.6 Å². The lowest BCUT2D eigenvalue weighted by Crippen LogP contribution is -2.48. The summed E-state index contributed by atoms with van der Waals surface area (Å²) in [5.74, 6) is 1.53. The number of nitrogens with zero attached hydrogens (tertiary/aromatic N) is 4. The van der Waals surface area contributed by atoms with E-state index in [0.29, 0.717) is 11.5 Å². The molecule has 2 N–H and O–H groups in total. The Kier molecular flexibility index (Phi) is 2.25. The molecular formula is C11H15N5O. The first kappa shape index (κ1) is 10.5. The van der Waals surface area contributed by atoms with E-state index in [0.717, 1.165) is 25.1 Å². The summed E-state index contributed by atoms with van der Waals surface area (Å²) in [6.45, 7) is 2.03. The average Bonchev–Trinajstić information content (AvgIpc) is 2.67. The second kappa shape index (κ2) is 3.66. The summed E-state index contributed by atoms with van der Waals surface area (Å²) in [7, 11) is 0. The number of fused-ring (bicyclic) bond motifs is 1.